The van der Waals surface area contributed by atoms with Crippen molar-refractivity contribution in [2.45, 2.75) is 0 Å². The van der Waals surface area contributed by atoms with Gasteiger partial charge in [-0.2, -0.15) is 0 Å². The minimum absolute atomic E-state index is 0.248. The molecule has 0 fully saturated rings. The summed E-state index contributed by atoms with van der Waals surface area (Å²) in [6.45, 7) is 0. The maximum atomic E-state index is 13.1. The van der Waals surface area contributed by atoms with Gasteiger partial charge in [0.05, 0.1) is 5.02 Å². The molecular weight excluding hydrogens is 324 g/mol. The second kappa shape index (κ2) is 6.95. The highest BCUT2D eigenvalue weighted by Crippen LogP contribution is 2.27. The average Bonchev–Trinajstić information content (AvgIpc) is 2.45. The smallest absolute Gasteiger partial charge is 0.196 e. The Morgan fingerprint density at radius 3 is 2.27 bits per heavy atom. The third-order valence-corrected chi connectivity index (χ3v) is 3.51. The van der Waals surface area contributed by atoms with Crippen molar-refractivity contribution in [3.8, 4) is 0 Å². The number of nitrogens with zero attached hydrogens (tertiary/aromatic N) is 1. The van der Waals surface area contributed by atoms with Crippen molar-refractivity contribution >= 4 is 34.6 Å². The van der Waals surface area contributed by atoms with Crippen LogP contribution in [0.1, 0.15) is 15.9 Å². The third kappa shape index (κ3) is 3.87. The summed E-state index contributed by atoms with van der Waals surface area (Å²) in [5.74, 6) is -0.605. The third-order valence-electron chi connectivity index (χ3n) is 2.96. The molecule has 2 aromatic carbocycles. The number of benzene rings is 2. The van der Waals surface area contributed by atoms with E-state index in [-0.39, 0.29) is 16.6 Å². The van der Waals surface area contributed by atoms with Gasteiger partial charge >= 0.3 is 0 Å². The fraction of sp³-hybridized carbons (Fsp3) is 0.118. The molecule has 0 saturated heterocycles. The first kappa shape index (κ1) is 16.5. The number of allylic oxidation sites excluding steroid dienone is 1. The summed E-state index contributed by atoms with van der Waals surface area (Å²) in [7, 11) is 3.61. The van der Waals surface area contributed by atoms with E-state index in [0.29, 0.717) is 21.7 Å². The standard InChI is InChI=1S/C17H14Cl2FNO/c1-21(2)10-15(11-3-6-13(20)7-4-11)17(22)14-8-5-12(18)9-16(14)19/h3-10H,1-2H3. The maximum absolute atomic E-state index is 13.1. The lowest BCUT2D eigenvalue weighted by Gasteiger charge is -2.13. The summed E-state index contributed by atoms with van der Waals surface area (Å²) in [5.41, 5.74) is 1.39. The van der Waals surface area contributed by atoms with Crippen molar-refractivity contribution in [3.05, 3.63) is 75.7 Å². The summed E-state index contributed by atoms with van der Waals surface area (Å²) in [4.78, 5) is 14.5. The Kier molecular flexibility index (Phi) is 5.22. The van der Waals surface area contributed by atoms with Crippen LogP contribution in [0.2, 0.25) is 10.0 Å². The zero-order chi connectivity index (χ0) is 16.3. The van der Waals surface area contributed by atoms with E-state index in [1.807, 2.05) is 0 Å². The fourth-order valence-electron chi connectivity index (χ4n) is 1.97. The van der Waals surface area contributed by atoms with Gasteiger partial charge in [0.15, 0.2) is 5.78 Å². The van der Waals surface area contributed by atoms with Crippen LogP contribution < -0.4 is 0 Å². The Labute approximate surface area is 138 Å². The molecule has 0 aliphatic carbocycles. The van der Waals surface area contributed by atoms with Gasteiger partial charge in [-0.3, -0.25) is 4.79 Å². The first-order chi connectivity index (χ1) is 10.4. The molecule has 0 amide bonds. The predicted octanol–water partition coefficient (Wildman–Crippen LogP) is 4.92. The Bertz CT molecular complexity index is 724. The monoisotopic (exact) mass is 337 g/mol. The number of halogens is 3. The highest BCUT2D eigenvalue weighted by atomic mass is 35.5. The van der Waals surface area contributed by atoms with E-state index in [2.05, 4.69) is 0 Å². The summed E-state index contributed by atoms with van der Waals surface area (Å²) in [5, 5.41) is 0.741. The molecule has 0 spiro atoms. The van der Waals surface area contributed by atoms with E-state index in [4.69, 9.17) is 23.2 Å². The predicted molar refractivity (Wildman–Crippen MR) is 88.9 cm³/mol. The molecule has 0 aliphatic heterocycles. The van der Waals surface area contributed by atoms with Crippen molar-refractivity contribution in [3.63, 3.8) is 0 Å². The summed E-state index contributed by atoms with van der Waals surface area (Å²) in [6.07, 6.45) is 1.68. The van der Waals surface area contributed by atoms with E-state index in [9.17, 15) is 9.18 Å². The molecule has 0 radical (unpaired) electrons. The number of hydrogen-bond donors (Lipinski definition) is 0. The maximum Gasteiger partial charge on any atom is 0.196 e. The second-order valence-corrected chi connectivity index (χ2v) is 5.81. The lowest BCUT2D eigenvalue weighted by Crippen LogP contribution is -2.10. The van der Waals surface area contributed by atoms with Crippen molar-refractivity contribution in [1.29, 1.82) is 0 Å². The lowest BCUT2D eigenvalue weighted by molar-refractivity contribution is 0.105. The van der Waals surface area contributed by atoms with E-state index < -0.39 is 0 Å². The van der Waals surface area contributed by atoms with Gasteiger partial charge in [0.1, 0.15) is 5.82 Å². The zero-order valence-electron chi connectivity index (χ0n) is 12.1. The van der Waals surface area contributed by atoms with Crippen LogP contribution in [0.3, 0.4) is 0 Å². The van der Waals surface area contributed by atoms with Crippen LogP contribution in [0.4, 0.5) is 4.39 Å². The first-order valence-electron chi connectivity index (χ1n) is 6.52. The molecule has 0 N–H and O–H groups in total. The molecule has 2 aromatic rings. The minimum Gasteiger partial charge on any atom is -0.383 e. The molecule has 0 atom stereocenters. The van der Waals surface area contributed by atoms with Crippen LogP contribution >= 0.6 is 23.2 Å². The Balaban J connectivity index is 2.50. The quantitative estimate of drug-likeness (QED) is 0.583. The van der Waals surface area contributed by atoms with Crippen LogP contribution in [0.5, 0.6) is 0 Å². The Morgan fingerprint density at radius 1 is 1.09 bits per heavy atom. The number of Topliss-reactive ketones (excluding diaryl/α,β-unsaturated/α-hetero) is 1. The molecule has 0 unspecified atom stereocenters. The molecule has 0 saturated carbocycles. The topological polar surface area (TPSA) is 20.3 Å². The van der Waals surface area contributed by atoms with Crippen LogP contribution in [0.25, 0.3) is 5.57 Å². The van der Waals surface area contributed by atoms with Gasteiger partial charge in [0.25, 0.3) is 0 Å². The zero-order valence-corrected chi connectivity index (χ0v) is 13.6. The second-order valence-electron chi connectivity index (χ2n) is 4.97. The SMILES string of the molecule is CN(C)C=C(C(=O)c1ccc(Cl)cc1Cl)c1ccc(F)cc1. The lowest BCUT2D eigenvalue weighted by atomic mass is 9.97. The van der Waals surface area contributed by atoms with Crippen molar-refractivity contribution in [2.24, 2.45) is 0 Å². The highest BCUT2D eigenvalue weighted by Gasteiger charge is 2.18. The molecule has 0 heterocycles. The summed E-state index contributed by atoms with van der Waals surface area (Å²) < 4.78 is 13.1. The number of ketones is 1. The first-order valence-corrected chi connectivity index (χ1v) is 7.28. The largest absolute Gasteiger partial charge is 0.383 e. The number of carbonyl (C=O) groups is 1. The van der Waals surface area contributed by atoms with E-state index in [0.717, 1.165) is 0 Å². The van der Waals surface area contributed by atoms with Crippen LogP contribution in [0.15, 0.2) is 48.7 Å². The molecule has 5 heteroatoms. The minimum atomic E-state index is -0.357. The van der Waals surface area contributed by atoms with Crippen molar-refractivity contribution < 1.29 is 9.18 Å². The van der Waals surface area contributed by atoms with Gasteiger partial charge in [-0.05, 0) is 35.9 Å². The van der Waals surface area contributed by atoms with E-state index >= 15 is 0 Å². The fourth-order valence-corrected chi connectivity index (χ4v) is 2.46. The molecular formula is C17H14Cl2FNO. The van der Waals surface area contributed by atoms with Crippen LogP contribution in [0, 0.1) is 5.82 Å². The Hall–Kier alpha value is -1.84. The average molecular weight is 338 g/mol. The molecule has 0 aromatic heterocycles. The molecule has 114 valence electrons. The van der Waals surface area contributed by atoms with E-state index in [1.165, 1.54) is 18.2 Å². The van der Waals surface area contributed by atoms with Crippen LogP contribution in [-0.2, 0) is 0 Å². The summed E-state index contributed by atoms with van der Waals surface area (Å²) >= 11 is 12.0. The normalized spacial score (nSPS) is 11.4. The van der Waals surface area contributed by atoms with Crippen molar-refractivity contribution in [1.82, 2.24) is 4.90 Å². The van der Waals surface area contributed by atoms with Crippen LogP contribution in [-0.4, -0.2) is 24.8 Å². The van der Waals surface area contributed by atoms with Gasteiger partial charge < -0.3 is 4.90 Å². The van der Waals surface area contributed by atoms with Gasteiger partial charge in [-0.15, -0.1) is 0 Å². The van der Waals surface area contributed by atoms with Gasteiger partial charge in [0.2, 0.25) is 0 Å². The van der Waals surface area contributed by atoms with Gasteiger partial charge in [-0.1, -0.05) is 35.3 Å². The molecule has 2 rings (SSSR count). The molecule has 22 heavy (non-hydrogen) atoms. The highest BCUT2D eigenvalue weighted by molar-refractivity contribution is 6.40. The van der Waals surface area contributed by atoms with Crippen molar-refractivity contribution in [2.75, 3.05) is 14.1 Å². The van der Waals surface area contributed by atoms with E-state index in [1.54, 1.807) is 49.5 Å². The number of carbonyl (C=O) groups excluding carboxylic acids is 1. The summed E-state index contributed by atoms with van der Waals surface area (Å²) in [6, 6.07) is 10.5. The molecule has 0 bridgehead atoms. The Morgan fingerprint density at radius 2 is 1.73 bits per heavy atom. The number of rotatable bonds is 4. The van der Waals surface area contributed by atoms with Gasteiger partial charge in [-0.25, -0.2) is 4.39 Å². The molecule has 2 nitrogen and oxygen atoms in total. The molecule has 0 aliphatic rings. The van der Waals surface area contributed by atoms with Gasteiger partial charge in [0, 0.05) is 36.5 Å². The number of hydrogen-bond acceptors (Lipinski definition) is 2.